The summed E-state index contributed by atoms with van der Waals surface area (Å²) >= 11 is 7.52. The zero-order valence-electron chi connectivity index (χ0n) is 15.3. The topological polar surface area (TPSA) is 102 Å². The first-order valence-corrected chi connectivity index (χ1v) is 9.83. The fraction of sp³-hybridized carbons (Fsp3) is 0.105. The van der Waals surface area contributed by atoms with Crippen LogP contribution in [0, 0.1) is 23.0 Å². The third-order valence-corrected chi connectivity index (χ3v) is 6.37. The van der Waals surface area contributed by atoms with Gasteiger partial charge in [-0.05, 0) is 17.7 Å². The van der Waals surface area contributed by atoms with Crippen LogP contribution in [-0.4, -0.2) is 14.8 Å². The molecule has 7 nitrogen and oxygen atoms in total. The zero-order valence-corrected chi connectivity index (χ0v) is 16.8. The Morgan fingerprint density at radius 3 is 2.87 bits per heavy atom. The first kappa shape index (κ1) is 18.7. The van der Waals surface area contributed by atoms with Crippen LogP contribution in [0.5, 0.6) is 5.75 Å². The third-order valence-electron chi connectivity index (χ3n) is 4.98. The first-order chi connectivity index (χ1) is 14.4. The lowest BCUT2D eigenvalue weighted by molar-refractivity contribution is 0.186. The minimum Gasteiger partial charge on any atom is -0.406 e. The summed E-state index contributed by atoms with van der Waals surface area (Å²) in [6.07, 6.45) is 0. The fourth-order valence-electron chi connectivity index (χ4n) is 3.55. The average Bonchev–Trinajstić information content (AvgIpc) is 3.26. The van der Waals surface area contributed by atoms with Crippen molar-refractivity contribution in [3.8, 4) is 34.3 Å². The van der Waals surface area contributed by atoms with E-state index in [9.17, 15) is 9.65 Å². The van der Waals surface area contributed by atoms with Gasteiger partial charge in [-0.15, -0.1) is 27.0 Å². The number of nitrogens with zero attached hydrogens (tertiary/aromatic N) is 4. The molecule has 0 saturated heterocycles. The van der Waals surface area contributed by atoms with E-state index in [-0.39, 0.29) is 49.1 Å². The van der Waals surface area contributed by atoms with Crippen LogP contribution in [0.25, 0.3) is 32.6 Å². The van der Waals surface area contributed by atoms with Gasteiger partial charge in [0.15, 0.2) is 11.6 Å². The summed E-state index contributed by atoms with van der Waals surface area (Å²) in [5.74, 6) is -0.109. The zero-order chi connectivity index (χ0) is 21.2. The number of hydrogen-bond acceptors (Lipinski definition) is 7. The van der Waals surface area contributed by atoms with Crippen LogP contribution in [0.3, 0.4) is 0 Å². The summed E-state index contributed by atoms with van der Waals surface area (Å²) < 4.78 is 31.6. The minimum absolute atomic E-state index is 0.0283. The van der Waals surface area contributed by atoms with Gasteiger partial charge in [-0.2, -0.15) is 5.26 Å². The third kappa shape index (κ3) is 2.50. The number of hydroxylamine groups is 1. The van der Waals surface area contributed by atoms with Gasteiger partial charge in [0, 0.05) is 18.0 Å². The van der Waals surface area contributed by atoms with Crippen molar-refractivity contribution >= 4 is 38.0 Å². The number of anilines is 1. The van der Waals surface area contributed by atoms with Gasteiger partial charge in [-0.25, -0.2) is 8.78 Å². The quantitative estimate of drug-likeness (QED) is 0.457. The Kier molecular flexibility index (Phi) is 4.14. The Balaban J connectivity index is 1.86. The maximum atomic E-state index is 15.4. The van der Waals surface area contributed by atoms with Crippen LogP contribution in [-0.2, 0) is 13.6 Å². The molecule has 2 aromatic carbocycles. The van der Waals surface area contributed by atoms with Gasteiger partial charge in [-0.3, -0.25) is 0 Å². The maximum absolute atomic E-state index is 15.4. The number of fused-ring (bicyclic) bond motifs is 5. The van der Waals surface area contributed by atoms with E-state index in [0.29, 0.717) is 17.2 Å². The van der Waals surface area contributed by atoms with Gasteiger partial charge in [0.1, 0.15) is 28.5 Å². The molecule has 0 fully saturated rings. The van der Waals surface area contributed by atoms with E-state index >= 15 is 4.39 Å². The molecule has 5 rings (SSSR count). The SMILES string of the molecule is Cn1c2nnc1-c1cc(F)c(-c3ccc(F)c4sc(N)c(C#N)c34)c(Cl)c1ONC2. The van der Waals surface area contributed by atoms with E-state index in [2.05, 4.69) is 15.7 Å². The van der Waals surface area contributed by atoms with Crippen molar-refractivity contribution in [2.75, 3.05) is 5.73 Å². The van der Waals surface area contributed by atoms with Gasteiger partial charge >= 0.3 is 0 Å². The monoisotopic (exact) mass is 444 g/mol. The summed E-state index contributed by atoms with van der Waals surface area (Å²) in [4.78, 5) is 5.61. The van der Waals surface area contributed by atoms with Crippen LogP contribution in [0.2, 0.25) is 5.02 Å². The number of benzene rings is 2. The Hall–Kier alpha value is -3.26. The number of hydrogen-bond donors (Lipinski definition) is 2. The van der Waals surface area contributed by atoms with Crippen molar-refractivity contribution in [2.24, 2.45) is 7.05 Å². The molecule has 0 unspecified atom stereocenters. The van der Waals surface area contributed by atoms with E-state index in [1.807, 2.05) is 6.07 Å². The molecule has 150 valence electrons. The number of aromatic nitrogens is 3. The van der Waals surface area contributed by atoms with E-state index in [1.54, 1.807) is 11.6 Å². The van der Waals surface area contributed by atoms with E-state index in [1.165, 1.54) is 18.2 Å². The number of nitrogens with one attached hydrogen (secondary N) is 1. The molecule has 0 amide bonds. The molecule has 1 aliphatic rings. The predicted octanol–water partition coefficient (Wildman–Crippen LogP) is 4.15. The van der Waals surface area contributed by atoms with Crippen molar-refractivity contribution in [1.29, 1.82) is 5.26 Å². The summed E-state index contributed by atoms with van der Waals surface area (Å²) in [6.45, 7) is 0.256. The molecule has 0 atom stereocenters. The molecule has 30 heavy (non-hydrogen) atoms. The largest absolute Gasteiger partial charge is 0.406 e. The second-order valence-corrected chi connectivity index (χ2v) is 8.03. The lowest BCUT2D eigenvalue weighted by Gasteiger charge is -2.19. The van der Waals surface area contributed by atoms with Gasteiger partial charge in [0.05, 0.1) is 27.4 Å². The molecule has 0 spiro atoms. The molecule has 2 bridgehead atoms. The van der Waals surface area contributed by atoms with Crippen molar-refractivity contribution < 1.29 is 13.6 Å². The number of nitriles is 1. The molecule has 2 aromatic heterocycles. The van der Waals surface area contributed by atoms with Crippen LogP contribution >= 0.6 is 22.9 Å². The smallest absolute Gasteiger partial charge is 0.177 e. The normalized spacial score (nSPS) is 12.8. The summed E-state index contributed by atoms with van der Waals surface area (Å²) in [6, 6.07) is 5.76. The fourth-order valence-corrected chi connectivity index (χ4v) is 4.83. The molecule has 4 aromatic rings. The second kappa shape index (κ2) is 6.63. The highest BCUT2D eigenvalue weighted by Gasteiger charge is 2.28. The molecule has 0 aliphatic carbocycles. The van der Waals surface area contributed by atoms with Crippen molar-refractivity contribution in [2.45, 2.75) is 6.54 Å². The van der Waals surface area contributed by atoms with Crippen LogP contribution in [0.15, 0.2) is 18.2 Å². The lowest BCUT2D eigenvalue weighted by atomic mass is 9.96. The molecule has 0 radical (unpaired) electrons. The van der Waals surface area contributed by atoms with E-state index in [0.717, 1.165) is 11.3 Å². The van der Waals surface area contributed by atoms with Crippen molar-refractivity contribution in [3.63, 3.8) is 0 Å². The Morgan fingerprint density at radius 2 is 2.10 bits per heavy atom. The lowest BCUT2D eigenvalue weighted by Crippen LogP contribution is -2.22. The number of nitrogens with two attached hydrogens (primary N) is 1. The molecule has 3 N–H and O–H groups in total. The number of nitrogen functional groups attached to an aromatic ring is 1. The molecule has 3 heterocycles. The van der Waals surface area contributed by atoms with Gasteiger partial charge in [0.2, 0.25) is 0 Å². The first-order valence-electron chi connectivity index (χ1n) is 8.63. The molecule has 11 heteroatoms. The van der Waals surface area contributed by atoms with Gasteiger partial charge in [0.25, 0.3) is 0 Å². The Bertz CT molecular complexity index is 1410. The summed E-state index contributed by atoms with van der Waals surface area (Å²) in [5, 5.41) is 18.0. The van der Waals surface area contributed by atoms with Gasteiger partial charge in [-0.1, -0.05) is 17.7 Å². The Labute approximate surface area is 177 Å². The van der Waals surface area contributed by atoms with Crippen LogP contribution < -0.4 is 16.1 Å². The van der Waals surface area contributed by atoms with E-state index < -0.39 is 11.6 Å². The predicted molar refractivity (Wildman–Crippen MR) is 109 cm³/mol. The molecule has 0 saturated carbocycles. The number of rotatable bonds is 1. The standard InChI is InChI=1S/C19H11ClF2N6OS/c1-28-12-6-25-29-16-8(19(28)27-26-12)4-11(22)14(15(16)20)7-2-3-10(21)17-13(7)9(5-23)18(24)30-17/h2-4,25H,6,24H2,1H3. The summed E-state index contributed by atoms with van der Waals surface area (Å²) in [7, 11) is 1.75. The summed E-state index contributed by atoms with van der Waals surface area (Å²) in [5.41, 5.74) is 9.22. The van der Waals surface area contributed by atoms with Crippen LogP contribution in [0.4, 0.5) is 13.8 Å². The number of thiophene rings is 1. The number of halogens is 3. The molecular formula is C19H11ClF2N6OS. The minimum atomic E-state index is -0.686. The average molecular weight is 445 g/mol. The highest BCUT2D eigenvalue weighted by atomic mass is 35.5. The van der Waals surface area contributed by atoms with Crippen molar-refractivity contribution in [3.05, 3.63) is 46.2 Å². The highest BCUT2D eigenvalue weighted by molar-refractivity contribution is 7.23. The Morgan fingerprint density at radius 1 is 1.30 bits per heavy atom. The van der Waals surface area contributed by atoms with Crippen LogP contribution in [0.1, 0.15) is 11.4 Å². The maximum Gasteiger partial charge on any atom is 0.177 e. The highest BCUT2D eigenvalue weighted by Crippen LogP contribution is 2.48. The van der Waals surface area contributed by atoms with Crippen molar-refractivity contribution in [1.82, 2.24) is 20.2 Å². The van der Waals surface area contributed by atoms with Gasteiger partial charge < -0.3 is 15.1 Å². The van der Waals surface area contributed by atoms with E-state index in [4.69, 9.17) is 22.2 Å². The molecular weight excluding hydrogens is 434 g/mol. The second-order valence-electron chi connectivity index (χ2n) is 6.60. The molecule has 1 aliphatic heterocycles.